The quantitative estimate of drug-likeness (QED) is 0.603. The van der Waals surface area contributed by atoms with Crippen molar-refractivity contribution < 1.29 is 27.5 Å². The van der Waals surface area contributed by atoms with Gasteiger partial charge in [-0.25, -0.2) is 14.8 Å². The van der Waals surface area contributed by atoms with Gasteiger partial charge in [0, 0.05) is 24.8 Å². The number of amides is 3. The Balaban J connectivity index is 1.54. The fraction of sp³-hybridized carbons (Fsp3) is 0.261. The zero-order valence-electron chi connectivity index (χ0n) is 18.5. The van der Waals surface area contributed by atoms with Gasteiger partial charge in [0.1, 0.15) is 5.75 Å². The third-order valence-corrected chi connectivity index (χ3v) is 5.39. The minimum absolute atomic E-state index is 0.102. The van der Waals surface area contributed by atoms with Gasteiger partial charge in [0.15, 0.2) is 0 Å². The van der Waals surface area contributed by atoms with E-state index in [1.54, 1.807) is 29.2 Å². The molecule has 11 heteroatoms. The highest BCUT2D eigenvalue weighted by molar-refractivity contribution is 5.99. The summed E-state index contributed by atoms with van der Waals surface area (Å²) >= 11 is 0. The number of nitrogens with zero attached hydrogens (tertiary/aromatic N) is 4. The first-order valence-electron chi connectivity index (χ1n) is 10.4. The van der Waals surface area contributed by atoms with Crippen molar-refractivity contribution in [3.63, 3.8) is 0 Å². The Bertz CT molecular complexity index is 1220. The lowest BCUT2D eigenvalue weighted by Crippen LogP contribution is -2.56. The number of imidazole rings is 1. The number of hydrogen-bond donors (Lipinski definition) is 1. The van der Waals surface area contributed by atoms with Crippen LogP contribution in [0.2, 0.25) is 0 Å². The van der Waals surface area contributed by atoms with Crippen molar-refractivity contribution in [3.05, 3.63) is 71.8 Å². The molecule has 1 N–H and O–H groups in total. The number of aryl methyl sites for hydroxylation is 1. The minimum atomic E-state index is -4.62. The second-order valence-electron chi connectivity index (χ2n) is 7.70. The number of para-hydroxylation sites is 1. The maximum absolute atomic E-state index is 13.4. The van der Waals surface area contributed by atoms with Crippen LogP contribution in [0.3, 0.4) is 0 Å². The summed E-state index contributed by atoms with van der Waals surface area (Å²) in [6.07, 6.45) is -0.820. The molecule has 4 rings (SSSR count). The predicted octanol–water partition coefficient (Wildman–Crippen LogP) is 4.19. The smallest absolute Gasteiger partial charge is 0.418 e. The molecule has 1 aliphatic heterocycles. The van der Waals surface area contributed by atoms with Crippen LogP contribution in [-0.4, -0.2) is 46.7 Å². The Morgan fingerprint density at radius 1 is 1.12 bits per heavy atom. The van der Waals surface area contributed by atoms with E-state index in [-0.39, 0.29) is 24.3 Å². The van der Waals surface area contributed by atoms with Crippen LogP contribution in [0.4, 0.5) is 23.7 Å². The molecule has 8 nitrogen and oxygen atoms in total. The topological polar surface area (TPSA) is 79.7 Å². The Labute approximate surface area is 193 Å². The molecular formula is C23H22F3N5O3. The molecule has 0 saturated carbocycles. The number of hydrogen-bond acceptors (Lipinski definition) is 4. The maximum Gasteiger partial charge on any atom is 0.418 e. The van der Waals surface area contributed by atoms with E-state index in [9.17, 15) is 22.8 Å². The molecule has 0 atom stereocenters. The Kier molecular flexibility index (Phi) is 6.18. The van der Waals surface area contributed by atoms with Gasteiger partial charge in [-0.05, 0) is 43.7 Å². The molecule has 34 heavy (non-hydrogen) atoms. The third kappa shape index (κ3) is 4.54. The van der Waals surface area contributed by atoms with Gasteiger partial charge >= 0.3 is 12.2 Å². The summed E-state index contributed by atoms with van der Waals surface area (Å²) in [5, 5.41) is 1.03. The number of ether oxygens (including phenoxy) is 1. The lowest BCUT2D eigenvalue weighted by Gasteiger charge is -2.36. The number of halogens is 3. The van der Waals surface area contributed by atoms with Gasteiger partial charge in [-0.2, -0.15) is 13.2 Å². The molecule has 1 aromatic heterocycles. The van der Waals surface area contributed by atoms with Gasteiger partial charge in [0.05, 0.1) is 36.1 Å². The zero-order chi connectivity index (χ0) is 24.5. The SMILES string of the molecule is COc1cc(C(=O)NN2CCCN(c3ccccc3C(F)(F)F)C2=O)ccc1-n1cnc(C)c1. The number of anilines is 1. The summed E-state index contributed by atoms with van der Waals surface area (Å²) < 4.78 is 47.5. The van der Waals surface area contributed by atoms with E-state index in [0.29, 0.717) is 17.9 Å². The first kappa shape index (κ1) is 23.1. The van der Waals surface area contributed by atoms with Crippen molar-refractivity contribution in [1.82, 2.24) is 20.0 Å². The number of benzene rings is 2. The van der Waals surface area contributed by atoms with Crippen molar-refractivity contribution in [2.75, 3.05) is 25.1 Å². The monoisotopic (exact) mass is 473 g/mol. The van der Waals surface area contributed by atoms with E-state index in [0.717, 1.165) is 21.7 Å². The Morgan fingerprint density at radius 3 is 2.56 bits per heavy atom. The van der Waals surface area contributed by atoms with Gasteiger partial charge in [0.25, 0.3) is 5.91 Å². The number of methoxy groups -OCH3 is 1. The highest BCUT2D eigenvalue weighted by Gasteiger charge is 2.38. The fourth-order valence-corrected chi connectivity index (χ4v) is 3.77. The number of alkyl halides is 3. The number of aromatic nitrogens is 2. The van der Waals surface area contributed by atoms with Crippen LogP contribution in [0.15, 0.2) is 55.0 Å². The molecule has 3 aromatic rings. The average molecular weight is 473 g/mol. The second-order valence-corrected chi connectivity index (χ2v) is 7.70. The van der Waals surface area contributed by atoms with Crippen LogP contribution in [0, 0.1) is 6.92 Å². The molecule has 1 aliphatic rings. The van der Waals surface area contributed by atoms with Gasteiger partial charge in [0.2, 0.25) is 0 Å². The molecule has 1 fully saturated rings. The Hall–Kier alpha value is -4.02. The molecule has 0 radical (unpaired) electrons. The highest BCUT2D eigenvalue weighted by Crippen LogP contribution is 2.37. The van der Waals surface area contributed by atoms with E-state index in [1.807, 2.05) is 6.92 Å². The van der Waals surface area contributed by atoms with E-state index in [1.165, 1.54) is 31.4 Å². The number of carbonyl (C=O) groups is 2. The summed E-state index contributed by atoms with van der Waals surface area (Å²) in [7, 11) is 1.47. The predicted molar refractivity (Wildman–Crippen MR) is 118 cm³/mol. The second kappa shape index (κ2) is 9.08. The van der Waals surface area contributed by atoms with Crippen molar-refractivity contribution >= 4 is 17.6 Å². The van der Waals surface area contributed by atoms with Crippen molar-refractivity contribution in [3.8, 4) is 11.4 Å². The lowest BCUT2D eigenvalue weighted by atomic mass is 10.1. The van der Waals surface area contributed by atoms with Gasteiger partial charge in [-0.15, -0.1) is 0 Å². The molecule has 0 aliphatic carbocycles. The first-order chi connectivity index (χ1) is 16.2. The van der Waals surface area contributed by atoms with E-state index >= 15 is 0 Å². The summed E-state index contributed by atoms with van der Waals surface area (Å²) in [5.74, 6) is -0.179. The number of urea groups is 1. The number of hydrazine groups is 1. The molecule has 0 bridgehead atoms. The van der Waals surface area contributed by atoms with Gasteiger partial charge in [-0.1, -0.05) is 12.1 Å². The molecule has 0 spiro atoms. The van der Waals surface area contributed by atoms with Crippen LogP contribution in [0.1, 0.15) is 28.0 Å². The number of nitrogens with one attached hydrogen (secondary N) is 1. The summed E-state index contributed by atoms with van der Waals surface area (Å²) in [5.41, 5.74) is 3.04. The molecule has 1 saturated heterocycles. The van der Waals surface area contributed by atoms with Crippen LogP contribution < -0.4 is 15.1 Å². The van der Waals surface area contributed by atoms with Crippen LogP contribution in [0.25, 0.3) is 5.69 Å². The van der Waals surface area contributed by atoms with Crippen molar-refractivity contribution in [1.29, 1.82) is 0 Å². The van der Waals surface area contributed by atoms with E-state index < -0.39 is 23.7 Å². The third-order valence-electron chi connectivity index (χ3n) is 5.39. The molecular weight excluding hydrogens is 451 g/mol. The number of rotatable bonds is 5. The first-order valence-corrected chi connectivity index (χ1v) is 10.4. The lowest BCUT2D eigenvalue weighted by molar-refractivity contribution is -0.137. The fourth-order valence-electron chi connectivity index (χ4n) is 3.77. The van der Waals surface area contributed by atoms with Gasteiger partial charge < -0.3 is 9.30 Å². The molecule has 2 aromatic carbocycles. The largest absolute Gasteiger partial charge is 0.495 e. The van der Waals surface area contributed by atoms with Crippen LogP contribution in [0.5, 0.6) is 5.75 Å². The summed E-state index contributed by atoms with van der Waals surface area (Å²) in [6.45, 7) is 2.11. The normalized spacial score (nSPS) is 14.3. The summed E-state index contributed by atoms with van der Waals surface area (Å²) in [6, 6.07) is 8.89. The van der Waals surface area contributed by atoms with Crippen LogP contribution >= 0.6 is 0 Å². The molecule has 2 heterocycles. The van der Waals surface area contributed by atoms with Crippen LogP contribution in [-0.2, 0) is 6.18 Å². The maximum atomic E-state index is 13.4. The average Bonchev–Trinajstić information content (AvgIpc) is 3.25. The molecule has 0 unspecified atom stereocenters. The zero-order valence-corrected chi connectivity index (χ0v) is 18.5. The number of carbonyl (C=O) groups excluding carboxylic acids is 2. The highest BCUT2D eigenvalue weighted by atomic mass is 19.4. The Morgan fingerprint density at radius 2 is 1.88 bits per heavy atom. The summed E-state index contributed by atoms with van der Waals surface area (Å²) in [4.78, 5) is 31.0. The van der Waals surface area contributed by atoms with E-state index in [4.69, 9.17) is 4.74 Å². The molecule has 3 amide bonds. The van der Waals surface area contributed by atoms with Crippen molar-refractivity contribution in [2.45, 2.75) is 19.5 Å². The molecule has 178 valence electrons. The van der Waals surface area contributed by atoms with E-state index in [2.05, 4.69) is 10.4 Å². The standard InChI is InChI=1S/C23H22F3N5O3/c1-15-13-29(14-27-15)19-9-8-16(12-20(19)34-2)21(32)28-31-11-5-10-30(22(31)33)18-7-4-3-6-17(18)23(24,25)26/h3-4,6-9,12-14H,5,10-11H2,1-2H3,(H,28,32). The minimum Gasteiger partial charge on any atom is -0.495 e. The van der Waals surface area contributed by atoms with Gasteiger partial charge in [-0.3, -0.25) is 15.1 Å². The van der Waals surface area contributed by atoms with Crippen molar-refractivity contribution in [2.24, 2.45) is 0 Å².